The van der Waals surface area contributed by atoms with Crippen LogP contribution in [0.2, 0.25) is 0 Å². The molecule has 34 heavy (non-hydrogen) atoms. The summed E-state index contributed by atoms with van der Waals surface area (Å²) in [5.41, 5.74) is 8.93. The average Bonchev–Trinajstić information content (AvgIpc) is 3.14. The maximum absolute atomic E-state index is 13.4. The molecular formula is C25H22FN5O3. The summed E-state index contributed by atoms with van der Waals surface area (Å²) in [7, 11) is 0. The summed E-state index contributed by atoms with van der Waals surface area (Å²) < 4.78 is 15.2. The number of carbonyl (C=O) groups is 3. The maximum atomic E-state index is 13.4. The Morgan fingerprint density at radius 1 is 1.00 bits per heavy atom. The predicted octanol–water partition coefficient (Wildman–Crippen LogP) is 2.87. The topological polar surface area (TPSA) is 119 Å². The number of nitrogens with one attached hydrogen (secondary N) is 2. The molecule has 0 aliphatic carbocycles. The molecule has 0 aliphatic rings. The number of rotatable bonds is 7. The minimum absolute atomic E-state index is 0.0882. The van der Waals surface area contributed by atoms with E-state index in [1.165, 1.54) is 12.1 Å². The third-order valence-electron chi connectivity index (χ3n) is 5.21. The highest BCUT2D eigenvalue weighted by Crippen LogP contribution is 2.23. The van der Waals surface area contributed by atoms with Crippen molar-refractivity contribution >= 4 is 34.4 Å². The Hall–Kier alpha value is -4.53. The molecule has 4 N–H and O–H groups in total. The van der Waals surface area contributed by atoms with E-state index in [1.54, 1.807) is 54.6 Å². The van der Waals surface area contributed by atoms with E-state index in [4.69, 9.17) is 5.73 Å². The first kappa shape index (κ1) is 22.7. The molecule has 3 aromatic carbocycles. The molecule has 1 heterocycles. The quantitative estimate of drug-likeness (QED) is 0.394. The van der Waals surface area contributed by atoms with Gasteiger partial charge in [0, 0.05) is 16.9 Å². The molecule has 0 spiro atoms. The number of fused-ring (bicyclic) bond motifs is 1. The largest absolute Gasteiger partial charge is 0.368 e. The van der Waals surface area contributed by atoms with Gasteiger partial charge in [0.15, 0.2) is 0 Å². The molecule has 4 aromatic rings. The molecule has 172 valence electrons. The van der Waals surface area contributed by atoms with Gasteiger partial charge in [-0.1, -0.05) is 12.1 Å². The Kier molecular flexibility index (Phi) is 6.35. The fraction of sp³-hybridized carbons (Fsp3) is 0.120. The van der Waals surface area contributed by atoms with Gasteiger partial charge < -0.3 is 16.4 Å². The number of nitrogens with zero attached hydrogens (tertiary/aromatic N) is 2. The molecule has 0 atom stereocenters. The van der Waals surface area contributed by atoms with E-state index in [0.29, 0.717) is 11.3 Å². The zero-order valence-electron chi connectivity index (χ0n) is 18.3. The van der Waals surface area contributed by atoms with Crippen molar-refractivity contribution in [3.05, 3.63) is 89.5 Å². The van der Waals surface area contributed by atoms with Crippen LogP contribution in [0, 0.1) is 12.7 Å². The van der Waals surface area contributed by atoms with E-state index in [0.717, 1.165) is 28.1 Å². The molecule has 0 saturated heterocycles. The molecule has 0 unspecified atom stereocenters. The van der Waals surface area contributed by atoms with Gasteiger partial charge in [-0.25, -0.2) is 9.37 Å². The molecule has 4 rings (SSSR count). The number of aromatic nitrogens is 2. The number of halogens is 1. The third kappa shape index (κ3) is 5.09. The normalized spacial score (nSPS) is 10.8. The molecule has 0 bridgehead atoms. The minimum Gasteiger partial charge on any atom is -0.368 e. The number of hydrogen-bond donors (Lipinski definition) is 3. The van der Waals surface area contributed by atoms with Gasteiger partial charge in [-0.05, 0) is 67.1 Å². The fourth-order valence-corrected chi connectivity index (χ4v) is 3.60. The Bertz CT molecular complexity index is 1380. The van der Waals surface area contributed by atoms with E-state index in [-0.39, 0.29) is 30.6 Å². The lowest BCUT2D eigenvalue weighted by atomic mass is 10.1. The molecule has 1 aromatic heterocycles. The van der Waals surface area contributed by atoms with Crippen molar-refractivity contribution in [2.45, 2.75) is 13.3 Å². The molecule has 9 heteroatoms. The maximum Gasteiger partial charge on any atom is 0.255 e. The van der Waals surface area contributed by atoms with Crippen molar-refractivity contribution in [1.82, 2.24) is 14.9 Å². The smallest absolute Gasteiger partial charge is 0.255 e. The first-order valence-corrected chi connectivity index (χ1v) is 10.5. The number of anilines is 1. The number of imidazole rings is 1. The predicted molar refractivity (Wildman–Crippen MR) is 126 cm³/mol. The molecule has 0 radical (unpaired) electrons. The molecule has 8 nitrogen and oxygen atoms in total. The minimum atomic E-state index is -0.611. The average molecular weight is 459 g/mol. The first-order chi connectivity index (χ1) is 16.3. The monoisotopic (exact) mass is 459 g/mol. The van der Waals surface area contributed by atoms with Crippen LogP contribution in [0.25, 0.3) is 16.7 Å². The van der Waals surface area contributed by atoms with E-state index in [9.17, 15) is 18.8 Å². The summed E-state index contributed by atoms with van der Waals surface area (Å²) in [6, 6.07) is 18.1. The van der Waals surface area contributed by atoms with Gasteiger partial charge in [0.05, 0.1) is 24.0 Å². The van der Waals surface area contributed by atoms with Crippen molar-refractivity contribution in [3.8, 4) is 5.69 Å². The van der Waals surface area contributed by atoms with Crippen LogP contribution in [-0.2, 0) is 16.0 Å². The third-order valence-corrected chi connectivity index (χ3v) is 5.21. The van der Waals surface area contributed by atoms with Crippen molar-refractivity contribution in [1.29, 1.82) is 0 Å². The van der Waals surface area contributed by atoms with E-state index in [2.05, 4.69) is 15.6 Å². The number of carbonyl (C=O) groups excluding carboxylic acids is 3. The highest BCUT2D eigenvalue weighted by Gasteiger charge is 2.14. The van der Waals surface area contributed by atoms with Crippen molar-refractivity contribution in [2.24, 2.45) is 5.73 Å². The van der Waals surface area contributed by atoms with Crippen LogP contribution < -0.4 is 16.4 Å². The van der Waals surface area contributed by atoms with Gasteiger partial charge in [0.2, 0.25) is 11.8 Å². The molecular weight excluding hydrogens is 437 g/mol. The van der Waals surface area contributed by atoms with Gasteiger partial charge in [0.25, 0.3) is 5.91 Å². The second kappa shape index (κ2) is 9.53. The lowest BCUT2D eigenvalue weighted by Crippen LogP contribution is -2.34. The zero-order chi connectivity index (χ0) is 24.2. The van der Waals surface area contributed by atoms with Crippen LogP contribution >= 0.6 is 0 Å². The Morgan fingerprint density at radius 3 is 2.38 bits per heavy atom. The van der Waals surface area contributed by atoms with Crippen LogP contribution in [0.4, 0.5) is 10.1 Å². The second-order valence-electron chi connectivity index (χ2n) is 7.75. The van der Waals surface area contributed by atoms with E-state index in [1.807, 2.05) is 11.5 Å². The van der Waals surface area contributed by atoms with Gasteiger partial charge in [-0.2, -0.15) is 0 Å². The zero-order valence-corrected chi connectivity index (χ0v) is 18.3. The van der Waals surface area contributed by atoms with Crippen LogP contribution in [0.5, 0.6) is 0 Å². The first-order valence-electron chi connectivity index (χ1n) is 10.5. The lowest BCUT2D eigenvalue weighted by Gasteiger charge is -2.09. The Labute approximate surface area is 194 Å². The van der Waals surface area contributed by atoms with E-state index >= 15 is 0 Å². The summed E-state index contributed by atoms with van der Waals surface area (Å²) in [4.78, 5) is 40.0. The Balaban J connectivity index is 1.50. The Morgan fingerprint density at radius 2 is 1.71 bits per heavy atom. The summed E-state index contributed by atoms with van der Waals surface area (Å²) >= 11 is 0. The number of benzene rings is 3. The standard InChI is InChI=1S/C25H22FN5O3/c1-15-29-21-11-4-17(13-22(21)31(15)20-9-5-18(26)6-10-20)25(34)30-19-7-2-16(3-8-19)12-24(33)28-14-23(27)32/h2-11,13H,12,14H2,1H3,(H2,27,32)(H,28,33)(H,30,34). The van der Waals surface area contributed by atoms with Crippen molar-refractivity contribution < 1.29 is 18.8 Å². The fourth-order valence-electron chi connectivity index (χ4n) is 3.60. The van der Waals surface area contributed by atoms with Gasteiger partial charge in [-0.15, -0.1) is 0 Å². The molecule has 0 fully saturated rings. The molecule has 3 amide bonds. The summed E-state index contributed by atoms with van der Waals surface area (Å²) in [5, 5.41) is 5.26. The summed E-state index contributed by atoms with van der Waals surface area (Å²) in [5.74, 6) is -0.853. The molecule has 0 saturated carbocycles. The summed E-state index contributed by atoms with van der Waals surface area (Å²) in [6.07, 6.45) is 0.0882. The van der Waals surface area contributed by atoms with Crippen molar-refractivity contribution in [2.75, 3.05) is 11.9 Å². The summed E-state index contributed by atoms with van der Waals surface area (Å²) in [6.45, 7) is 1.63. The highest BCUT2D eigenvalue weighted by atomic mass is 19.1. The van der Waals surface area contributed by atoms with Gasteiger partial charge >= 0.3 is 0 Å². The number of primary amides is 1. The van der Waals surface area contributed by atoms with Crippen LogP contribution in [-0.4, -0.2) is 33.8 Å². The van der Waals surface area contributed by atoms with Crippen molar-refractivity contribution in [3.63, 3.8) is 0 Å². The lowest BCUT2D eigenvalue weighted by molar-refractivity contribution is -0.124. The molecule has 0 aliphatic heterocycles. The number of amides is 3. The van der Waals surface area contributed by atoms with Gasteiger partial charge in [-0.3, -0.25) is 19.0 Å². The van der Waals surface area contributed by atoms with Gasteiger partial charge in [0.1, 0.15) is 11.6 Å². The van der Waals surface area contributed by atoms with Crippen LogP contribution in [0.1, 0.15) is 21.7 Å². The second-order valence-corrected chi connectivity index (χ2v) is 7.75. The number of aryl methyl sites for hydroxylation is 1. The van der Waals surface area contributed by atoms with E-state index < -0.39 is 5.91 Å². The SMILES string of the molecule is Cc1nc2ccc(C(=O)Nc3ccc(CC(=O)NCC(N)=O)cc3)cc2n1-c1ccc(F)cc1. The van der Waals surface area contributed by atoms with Crippen LogP contribution in [0.15, 0.2) is 66.7 Å². The number of nitrogens with two attached hydrogens (primary N) is 1. The number of hydrogen-bond acceptors (Lipinski definition) is 4. The highest BCUT2D eigenvalue weighted by molar-refractivity contribution is 6.06. The van der Waals surface area contributed by atoms with Crippen LogP contribution in [0.3, 0.4) is 0 Å².